The van der Waals surface area contributed by atoms with E-state index in [4.69, 9.17) is 4.74 Å². The smallest absolute Gasteiger partial charge is 0.267 e. The Morgan fingerprint density at radius 1 is 0.912 bits per heavy atom. The van der Waals surface area contributed by atoms with Gasteiger partial charge in [-0.3, -0.25) is 9.59 Å². The van der Waals surface area contributed by atoms with E-state index >= 15 is 0 Å². The first kappa shape index (κ1) is 23.0. The highest BCUT2D eigenvalue weighted by Gasteiger charge is 2.15. The Morgan fingerprint density at radius 3 is 2.24 bits per heavy atom. The SMILES string of the molecule is COc1cccc(-c2ccc(=O)n(CC(=O)NCCC(c3ccccc3)c3ccccc3)n2)c1. The van der Waals surface area contributed by atoms with Crippen molar-refractivity contribution in [1.29, 1.82) is 0 Å². The Hall–Kier alpha value is -4.19. The molecule has 1 amide bonds. The summed E-state index contributed by atoms with van der Waals surface area (Å²) in [6.45, 7) is 0.343. The van der Waals surface area contributed by atoms with E-state index in [9.17, 15) is 9.59 Å². The number of nitrogens with zero attached hydrogens (tertiary/aromatic N) is 2. The van der Waals surface area contributed by atoms with E-state index in [1.54, 1.807) is 13.2 Å². The molecule has 0 aliphatic heterocycles. The van der Waals surface area contributed by atoms with Crippen molar-refractivity contribution in [2.75, 3.05) is 13.7 Å². The fourth-order valence-electron chi connectivity index (χ4n) is 3.94. The highest BCUT2D eigenvalue weighted by atomic mass is 16.5. The quantitative estimate of drug-likeness (QED) is 0.411. The number of rotatable bonds is 9. The molecule has 0 spiro atoms. The molecular formula is C28H27N3O3. The van der Waals surface area contributed by atoms with Crippen LogP contribution in [0.4, 0.5) is 0 Å². The summed E-state index contributed by atoms with van der Waals surface area (Å²) >= 11 is 0. The number of aromatic nitrogens is 2. The van der Waals surface area contributed by atoms with Crippen molar-refractivity contribution in [3.05, 3.63) is 119 Å². The minimum Gasteiger partial charge on any atom is -0.497 e. The summed E-state index contributed by atoms with van der Waals surface area (Å²) in [4.78, 5) is 24.9. The summed E-state index contributed by atoms with van der Waals surface area (Å²) in [5.74, 6) is 0.610. The number of nitrogens with one attached hydrogen (secondary N) is 1. The van der Waals surface area contributed by atoms with Gasteiger partial charge in [-0.25, -0.2) is 4.68 Å². The lowest BCUT2D eigenvalue weighted by atomic mass is 9.88. The molecule has 172 valence electrons. The lowest BCUT2D eigenvalue weighted by Gasteiger charge is -2.18. The summed E-state index contributed by atoms with van der Waals surface area (Å²) in [5.41, 5.74) is 3.48. The summed E-state index contributed by atoms with van der Waals surface area (Å²) in [5, 5.41) is 7.33. The van der Waals surface area contributed by atoms with Crippen LogP contribution in [0.15, 0.2) is 102 Å². The van der Waals surface area contributed by atoms with Gasteiger partial charge in [0.1, 0.15) is 12.3 Å². The lowest BCUT2D eigenvalue weighted by molar-refractivity contribution is -0.121. The fraction of sp³-hybridized carbons (Fsp3) is 0.179. The van der Waals surface area contributed by atoms with Crippen LogP contribution in [0, 0.1) is 0 Å². The Balaban J connectivity index is 1.42. The second-order valence-corrected chi connectivity index (χ2v) is 7.96. The summed E-state index contributed by atoms with van der Waals surface area (Å²) in [7, 11) is 1.60. The molecule has 4 aromatic rings. The largest absolute Gasteiger partial charge is 0.497 e. The van der Waals surface area contributed by atoms with Gasteiger partial charge in [0.05, 0.1) is 12.8 Å². The van der Waals surface area contributed by atoms with Crippen LogP contribution >= 0.6 is 0 Å². The summed E-state index contributed by atoms with van der Waals surface area (Å²) in [6.07, 6.45) is 0.742. The molecule has 34 heavy (non-hydrogen) atoms. The molecule has 0 saturated heterocycles. The second kappa shape index (κ2) is 11.1. The van der Waals surface area contributed by atoms with Crippen molar-refractivity contribution >= 4 is 5.91 Å². The predicted molar refractivity (Wildman–Crippen MR) is 133 cm³/mol. The van der Waals surface area contributed by atoms with Gasteiger partial charge < -0.3 is 10.1 Å². The van der Waals surface area contributed by atoms with Gasteiger partial charge in [0.15, 0.2) is 0 Å². The molecule has 1 aromatic heterocycles. The molecule has 0 bridgehead atoms. The normalized spacial score (nSPS) is 10.8. The maximum atomic E-state index is 12.6. The van der Waals surface area contributed by atoms with Gasteiger partial charge in [0, 0.05) is 24.1 Å². The number of hydrogen-bond donors (Lipinski definition) is 1. The maximum absolute atomic E-state index is 12.6. The minimum absolute atomic E-state index is 0.141. The summed E-state index contributed by atoms with van der Waals surface area (Å²) in [6, 6.07) is 31.0. The zero-order chi connectivity index (χ0) is 23.8. The number of hydrogen-bond acceptors (Lipinski definition) is 4. The third-order valence-corrected chi connectivity index (χ3v) is 5.68. The highest BCUT2D eigenvalue weighted by molar-refractivity contribution is 5.75. The molecule has 1 N–H and O–H groups in total. The van der Waals surface area contributed by atoms with E-state index in [2.05, 4.69) is 34.7 Å². The van der Waals surface area contributed by atoms with Crippen molar-refractivity contribution in [2.24, 2.45) is 0 Å². The molecule has 0 aliphatic carbocycles. The van der Waals surface area contributed by atoms with Crippen LogP contribution in [0.5, 0.6) is 5.75 Å². The predicted octanol–water partition coefficient (Wildman–Crippen LogP) is 4.26. The van der Waals surface area contributed by atoms with E-state index in [1.165, 1.54) is 21.9 Å². The van der Waals surface area contributed by atoms with Crippen LogP contribution in [0.1, 0.15) is 23.5 Å². The average molecular weight is 454 g/mol. The molecular weight excluding hydrogens is 426 g/mol. The third kappa shape index (κ3) is 5.78. The number of ether oxygens (including phenoxy) is 1. The van der Waals surface area contributed by atoms with Gasteiger partial charge in [0.2, 0.25) is 5.91 Å². The molecule has 0 unspecified atom stereocenters. The number of carbonyl (C=O) groups is 1. The Bertz CT molecular complexity index is 1250. The lowest BCUT2D eigenvalue weighted by Crippen LogP contribution is -2.34. The summed E-state index contributed by atoms with van der Waals surface area (Å²) < 4.78 is 6.45. The average Bonchev–Trinajstić information content (AvgIpc) is 2.89. The highest BCUT2D eigenvalue weighted by Crippen LogP contribution is 2.27. The van der Waals surface area contributed by atoms with Gasteiger partial charge in [-0.15, -0.1) is 0 Å². The van der Waals surface area contributed by atoms with Crippen molar-refractivity contribution < 1.29 is 9.53 Å². The Morgan fingerprint density at radius 2 is 1.59 bits per heavy atom. The molecule has 1 heterocycles. The molecule has 6 nitrogen and oxygen atoms in total. The van der Waals surface area contributed by atoms with E-state index in [1.807, 2.05) is 60.7 Å². The molecule has 0 fully saturated rings. The Labute approximate surface area is 198 Å². The maximum Gasteiger partial charge on any atom is 0.267 e. The van der Waals surface area contributed by atoms with Gasteiger partial charge >= 0.3 is 0 Å². The molecule has 4 rings (SSSR count). The van der Waals surface area contributed by atoms with Gasteiger partial charge in [0.25, 0.3) is 5.56 Å². The second-order valence-electron chi connectivity index (χ2n) is 7.96. The van der Waals surface area contributed by atoms with Crippen molar-refractivity contribution in [3.63, 3.8) is 0 Å². The van der Waals surface area contributed by atoms with Crippen LogP contribution in [0.2, 0.25) is 0 Å². The van der Waals surface area contributed by atoms with Crippen LogP contribution in [-0.4, -0.2) is 29.3 Å². The molecule has 0 aliphatic rings. The van der Waals surface area contributed by atoms with Crippen molar-refractivity contribution in [1.82, 2.24) is 15.1 Å². The zero-order valence-electron chi connectivity index (χ0n) is 19.1. The number of carbonyl (C=O) groups excluding carboxylic acids is 1. The van der Waals surface area contributed by atoms with E-state index < -0.39 is 0 Å². The Kier molecular flexibility index (Phi) is 7.50. The van der Waals surface area contributed by atoms with Crippen LogP contribution < -0.4 is 15.6 Å². The topological polar surface area (TPSA) is 73.2 Å². The number of methoxy groups -OCH3 is 1. The number of benzene rings is 3. The monoisotopic (exact) mass is 453 g/mol. The molecule has 0 saturated carbocycles. The van der Waals surface area contributed by atoms with E-state index in [0.717, 1.165) is 12.0 Å². The molecule has 3 aromatic carbocycles. The fourth-order valence-corrected chi connectivity index (χ4v) is 3.94. The van der Waals surface area contributed by atoms with E-state index in [-0.39, 0.29) is 23.9 Å². The third-order valence-electron chi connectivity index (χ3n) is 5.68. The van der Waals surface area contributed by atoms with Gasteiger partial charge in [-0.05, 0) is 35.7 Å². The molecule has 6 heteroatoms. The van der Waals surface area contributed by atoms with Crippen LogP contribution in [0.3, 0.4) is 0 Å². The van der Waals surface area contributed by atoms with Gasteiger partial charge in [-0.1, -0.05) is 72.8 Å². The first-order valence-corrected chi connectivity index (χ1v) is 11.2. The van der Waals surface area contributed by atoms with Gasteiger partial charge in [-0.2, -0.15) is 5.10 Å². The van der Waals surface area contributed by atoms with E-state index in [0.29, 0.717) is 18.0 Å². The minimum atomic E-state index is -0.326. The van der Waals surface area contributed by atoms with Crippen LogP contribution in [0.25, 0.3) is 11.3 Å². The first-order valence-electron chi connectivity index (χ1n) is 11.2. The van der Waals surface area contributed by atoms with Crippen molar-refractivity contribution in [2.45, 2.75) is 18.9 Å². The number of amides is 1. The molecule has 0 radical (unpaired) electrons. The van der Waals surface area contributed by atoms with Crippen molar-refractivity contribution in [3.8, 4) is 17.0 Å². The van der Waals surface area contributed by atoms with Crippen LogP contribution in [-0.2, 0) is 11.3 Å². The molecule has 0 atom stereocenters. The first-order chi connectivity index (χ1) is 16.6. The standard InChI is InChI=1S/C28H27N3O3/c1-34-24-14-8-13-23(19-24)26-15-16-28(33)31(30-26)20-27(32)29-18-17-25(21-9-4-2-5-10-21)22-11-6-3-7-12-22/h2-16,19,25H,17-18,20H2,1H3,(H,29,32). The zero-order valence-corrected chi connectivity index (χ0v) is 19.1.